The average Bonchev–Trinajstić information content (AvgIpc) is 2.81. The van der Waals surface area contributed by atoms with E-state index in [9.17, 15) is 14.4 Å². The van der Waals surface area contributed by atoms with Crippen molar-refractivity contribution in [2.45, 2.75) is 0 Å². The van der Waals surface area contributed by atoms with Crippen LogP contribution in [-0.4, -0.2) is 31.3 Å². The van der Waals surface area contributed by atoms with Gasteiger partial charge in [0.25, 0.3) is 11.8 Å². The van der Waals surface area contributed by atoms with Crippen molar-refractivity contribution in [3.8, 4) is 11.5 Å². The smallest absolute Gasteiger partial charge is 0.276 e. The molecule has 0 unspecified atom stereocenters. The van der Waals surface area contributed by atoms with Crippen molar-refractivity contribution < 1.29 is 23.9 Å². The number of hydrogen-bond acceptors (Lipinski definition) is 5. The highest BCUT2D eigenvalue weighted by Gasteiger charge is 2.10. The summed E-state index contributed by atoms with van der Waals surface area (Å²) in [5, 5.41) is 0. The SMILES string of the molecule is COc1ccc(C(=O)NNC(=O)COc2ccc(C(=O)c3ccccc3)cc2)cc1. The van der Waals surface area contributed by atoms with Crippen molar-refractivity contribution >= 4 is 17.6 Å². The van der Waals surface area contributed by atoms with Gasteiger partial charge in [-0.15, -0.1) is 0 Å². The Balaban J connectivity index is 1.46. The van der Waals surface area contributed by atoms with Crippen LogP contribution in [0.1, 0.15) is 26.3 Å². The second-order valence-corrected chi connectivity index (χ2v) is 6.24. The summed E-state index contributed by atoms with van der Waals surface area (Å²) >= 11 is 0. The Labute approximate surface area is 173 Å². The van der Waals surface area contributed by atoms with E-state index in [1.54, 1.807) is 72.8 Å². The van der Waals surface area contributed by atoms with Crippen LogP contribution in [0, 0.1) is 0 Å². The molecule has 2 N–H and O–H groups in total. The zero-order chi connectivity index (χ0) is 21.3. The minimum atomic E-state index is -0.527. The van der Waals surface area contributed by atoms with E-state index in [1.807, 2.05) is 6.07 Å². The van der Waals surface area contributed by atoms with Crippen molar-refractivity contribution in [2.24, 2.45) is 0 Å². The molecule has 3 aromatic carbocycles. The van der Waals surface area contributed by atoms with Gasteiger partial charge in [0.1, 0.15) is 11.5 Å². The Hall–Kier alpha value is -4.13. The van der Waals surface area contributed by atoms with Gasteiger partial charge in [0.2, 0.25) is 0 Å². The maximum absolute atomic E-state index is 12.4. The van der Waals surface area contributed by atoms with Crippen molar-refractivity contribution in [3.63, 3.8) is 0 Å². The third-order valence-electron chi connectivity index (χ3n) is 4.19. The Morgan fingerprint density at radius 3 is 1.90 bits per heavy atom. The van der Waals surface area contributed by atoms with E-state index >= 15 is 0 Å². The van der Waals surface area contributed by atoms with Crippen LogP contribution in [-0.2, 0) is 4.79 Å². The molecule has 152 valence electrons. The summed E-state index contributed by atoms with van der Waals surface area (Å²) in [6.45, 7) is -0.297. The maximum atomic E-state index is 12.4. The molecule has 0 radical (unpaired) electrons. The zero-order valence-corrected chi connectivity index (χ0v) is 16.3. The maximum Gasteiger partial charge on any atom is 0.276 e. The fourth-order valence-corrected chi connectivity index (χ4v) is 2.58. The van der Waals surface area contributed by atoms with E-state index in [0.29, 0.717) is 28.2 Å². The second-order valence-electron chi connectivity index (χ2n) is 6.24. The van der Waals surface area contributed by atoms with Crippen molar-refractivity contribution in [1.29, 1.82) is 0 Å². The lowest BCUT2D eigenvalue weighted by Gasteiger charge is -2.09. The summed E-state index contributed by atoms with van der Waals surface area (Å²) in [5.74, 6) is -0.0334. The molecular weight excluding hydrogens is 384 g/mol. The standard InChI is InChI=1S/C23H20N2O5/c1-29-19-11-9-18(10-12-19)23(28)25-24-21(26)15-30-20-13-7-17(8-14-20)22(27)16-5-3-2-4-6-16/h2-14H,15H2,1H3,(H,24,26)(H,25,28). The molecule has 0 fully saturated rings. The number of carbonyl (C=O) groups excluding carboxylic acids is 3. The molecule has 3 aromatic rings. The number of ether oxygens (including phenoxy) is 2. The molecule has 7 nitrogen and oxygen atoms in total. The van der Waals surface area contributed by atoms with E-state index in [0.717, 1.165) is 0 Å². The molecule has 0 aliphatic heterocycles. The fraction of sp³-hybridized carbons (Fsp3) is 0.0870. The van der Waals surface area contributed by atoms with Gasteiger partial charge in [0.15, 0.2) is 12.4 Å². The number of rotatable bonds is 7. The molecular formula is C23H20N2O5. The normalized spacial score (nSPS) is 10.0. The lowest BCUT2D eigenvalue weighted by atomic mass is 10.0. The van der Waals surface area contributed by atoms with E-state index < -0.39 is 11.8 Å². The minimum absolute atomic E-state index is 0.0962. The van der Waals surface area contributed by atoms with E-state index in [1.165, 1.54) is 7.11 Å². The first-order valence-corrected chi connectivity index (χ1v) is 9.12. The van der Waals surface area contributed by atoms with Crippen LogP contribution in [0.25, 0.3) is 0 Å². The summed E-state index contributed by atoms with van der Waals surface area (Å²) in [7, 11) is 1.53. The summed E-state index contributed by atoms with van der Waals surface area (Å²) in [6.07, 6.45) is 0. The second kappa shape index (κ2) is 9.88. The summed E-state index contributed by atoms with van der Waals surface area (Å²) in [4.78, 5) is 36.3. The fourth-order valence-electron chi connectivity index (χ4n) is 2.58. The molecule has 0 aromatic heterocycles. The predicted octanol–water partition coefficient (Wildman–Crippen LogP) is 2.77. The third kappa shape index (κ3) is 5.45. The van der Waals surface area contributed by atoms with Crippen LogP contribution in [0.15, 0.2) is 78.9 Å². The molecule has 0 heterocycles. The first kappa shape index (κ1) is 20.6. The lowest BCUT2D eigenvalue weighted by Crippen LogP contribution is -2.43. The molecule has 0 spiro atoms. The molecule has 0 atom stereocenters. The molecule has 0 aliphatic rings. The van der Waals surface area contributed by atoms with Gasteiger partial charge in [-0.3, -0.25) is 25.2 Å². The van der Waals surface area contributed by atoms with Gasteiger partial charge >= 0.3 is 0 Å². The van der Waals surface area contributed by atoms with E-state index in [4.69, 9.17) is 9.47 Å². The average molecular weight is 404 g/mol. The van der Waals surface area contributed by atoms with E-state index in [2.05, 4.69) is 10.9 Å². The molecule has 0 saturated heterocycles. The number of hydrogen-bond donors (Lipinski definition) is 2. The summed E-state index contributed by atoms with van der Waals surface area (Å²) in [6, 6.07) is 21.9. The van der Waals surface area contributed by atoms with Gasteiger partial charge in [0, 0.05) is 16.7 Å². The summed E-state index contributed by atoms with van der Waals surface area (Å²) in [5.41, 5.74) is 6.08. The van der Waals surface area contributed by atoms with Gasteiger partial charge < -0.3 is 9.47 Å². The number of amides is 2. The minimum Gasteiger partial charge on any atom is -0.497 e. The Bertz CT molecular complexity index is 1020. The van der Waals surface area contributed by atoms with Crippen LogP contribution < -0.4 is 20.3 Å². The lowest BCUT2D eigenvalue weighted by molar-refractivity contribution is -0.123. The van der Waals surface area contributed by atoms with Crippen molar-refractivity contribution in [1.82, 2.24) is 10.9 Å². The van der Waals surface area contributed by atoms with Gasteiger partial charge in [-0.05, 0) is 48.5 Å². The topological polar surface area (TPSA) is 93.7 Å². The Morgan fingerprint density at radius 2 is 1.27 bits per heavy atom. The summed E-state index contributed by atoms with van der Waals surface area (Å²) < 4.78 is 10.4. The predicted molar refractivity (Wildman–Crippen MR) is 110 cm³/mol. The number of carbonyl (C=O) groups is 3. The highest BCUT2D eigenvalue weighted by molar-refractivity contribution is 6.09. The van der Waals surface area contributed by atoms with Gasteiger partial charge in [-0.2, -0.15) is 0 Å². The Morgan fingerprint density at radius 1 is 0.700 bits per heavy atom. The van der Waals surface area contributed by atoms with E-state index in [-0.39, 0.29) is 12.4 Å². The molecule has 2 amide bonds. The van der Waals surface area contributed by atoms with Crippen LogP contribution >= 0.6 is 0 Å². The number of hydrazine groups is 1. The van der Waals surface area contributed by atoms with Gasteiger partial charge in [0.05, 0.1) is 7.11 Å². The monoisotopic (exact) mass is 404 g/mol. The molecule has 0 aliphatic carbocycles. The number of ketones is 1. The number of methoxy groups -OCH3 is 1. The van der Waals surface area contributed by atoms with Crippen LogP contribution in [0.3, 0.4) is 0 Å². The zero-order valence-electron chi connectivity index (χ0n) is 16.3. The van der Waals surface area contributed by atoms with Crippen LogP contribution in [0.2, 0.25) is 0 Å². The number of nitrogens with one attached hydrogen (secondary N) is 2. The van der Waals surface area contributed by atoms with Gasteiger partial charge in [-0.1, -0.05) is 30.3 Å². The third-order valence-corrected chi connectivity index (χ3v) is 4.19. The van der Waals surface area contributed by atoms with Gasteiger partial charge in [-0.25, -0.2) is 0 Å². The van der Waals surface area contributed by atoms with Crippen LogP contribution in [0.4, 0.5) is 0 Å². The van der Waals surface area contributed by atoms with Crippen LogP contribution in [0.5, 0.6) is 11.5 Å². The first-order chi connectivity index (χ1) is 14.6. The first-order valence-electron chi connectivity index (χ1n) is 9.12. The Kier molecular flexibility index (Phi) is 6.78. The largest absolute Gasteiger partial charge is 0.497 e. The number of benzene rings is 3. The molecule has 0 saturated carbocycles. The quantitative estimate of drug-likeness (QED) is 0.467. The molecule has 7 heteroatoms. The van der Waals surface area contributed by atoms with Crippen molar-refractivity contribution in [2.75, 3.05) is 13.7 Å². The highest BCUT2D eigenvalue weighted by atomic mass is 16.5. The molecule has 30 heavy (non-hydrogen) atoms. The molecule has 3 rings (SSSR count). The van der Waals surface area contributed by atoms with Crippen molar-refractivity contribution in [3.05, 3.63) is 95.6 Å². The molecule has 0 bridgehead atoms. The highest BCUT2D eigenvalue weighted by Crippen LogP contribution is 2.15.